The van der Waals surface area contributed by atoms with E-state index in [1.807, 2.05) is 24.8 Å². The van der Waals surface area contributed by atoms with Gasteiger partial charge in [0.15, 0.2) is 0 Å². The maximum Gasteiger partial charge on any atom is 0.227 e. The molecule has 0 N–H and O–H groups in total. The van der Waals surface area contributed by atoms with Gasteiger partial charge in [0.2, 0.25) is 5.91 Å². The number of hydrogen-bond donors (Lipinski definition) is 0. The first-order valence-electron chi connectivity index (χ1n) is 9.39. The van der Waals surface area contributed by atoms with E-state index in [2.05, 4.69) is 50.3 Å². The number of allylic oxidation sites excluding steroid dienone is 1. The Morgan fingerprint density at radius 2 is 1.92 bits per heavy atom. The molecule has 3 rings (SSSR count). The van der Waals surface area contributed by atoms with Gasteiger partial charge in [0, 0.05) is 12.5 Å². The van der Waals surface area contributed by atoms with E-state index in [4.69, 9.17) is 4.74 Å². The summed E-state index contributed by atoms with van der Waals surface area (Å²) in [7, 11) is 0. The molecule has 2 unspecified atom stereocenters. The molecule has 1 amide bonds. The van der Waals surface area contributed by atoms with Crippen molar-refractivity contribution in [2.24, 2.45) is 5.92 Å². The molecule has 2 atom stereocenters. The summed E-state index contributed by atoms with van der Waals surface area (Å²) in [5, 5.41) is 0. The molecule has 1 heterocycles. The Hall–Kier alpha value is -2.03. The second kappa shape index (κ2) is 7.47. The Morgan fingerprint density at radius 1 is 1.20 bits per heavy atom. The molecule has 0 bridgehead atoms. The highest BCUT2D eigenvalue weighted by molar-refractivity contribution is 5.80. The summed E-state index contributed by atoms with van der Waals surface area (Å²) in [5.41, 5.74) is 2.41. The van der Waals surface area contributed by atoms with Gasteiger partial charge >= 0.3 is 0 Å². The minimum Gasteiger partial charge on any atom is -0.491 e. The van der Waals surface area contributed by atoms with Gasteiger partial charge in [-0.3, -0.25) is 4.79 Å². The van der Waals surface area contributed by atoms with Crippen LogP contribution in [0.2, 0.25) is 0 Å². The van der Waals surface area contributed by atoms with Crippen molar-refractivity contribution in [1.29, 1.82) is 0 Å². The van der Waals surface area contributed by atoms with Crippen molar-refractivity contribution in [2.75, 3.05) is 6.54 Å². The molecule has 0 aromatic heterocycles. The number of nitrogens with zero attached hydrogens (tertiary/aromatic N) is 1. The average molecular weight is 339 g/mol. The smallest absolute Gasteiger partial charge is 0.227 e. The van der Waals surface area contributed by atoms with E-state index in [9.17, 15) is 4.79 Å². The Bertz CT molecular complexity index is 670. The van der Waals surface area contributed by atoms with Gasteiger partial charge in [0.05, 0.1) is 18.6 Å². The number of carbonyl (C=O) groups is 1. The maximum atomic E-state index is 12.8. The molecule has 1 aliphatic heterocycles. The number of rotatable bonds is 5. The zero-order valence-electron chi connectivity index (χ0n) is 15.7. The predicted octanol–water partition coefficient (Wildman–Crippen LogP) is 4.45. The molecule has 0 saturated carbocycles. The van der Waals surface area contributed by atoms with Gasteiger partial charge in [-0.15, -0.1) is 0 Å². The van der Waals surface area contributed by atoms with Crippen LogP contribution in [-0.4, -0.2) is 29.5 Å². The fourth-order valence-corrected chi connectivity index (χ4v) is 3.67. The van der Waals surface area contributed by atoms with Crippen LogP contribution < -0.4 is 0 Å². The van der Waals surface area contributed by atoms with Crippen molar-refractivity contribution in [3.8, 4) is 0 Å². The summed E-state index contributed by atoms with van der Waals surface area (Å²) >= 11 is 0. The molecule has 1 fully saturated rings. The molecular formula is C22H29NO2. The molecule has 1 saturated heterocycles. The van der Waals surface area contributed by atoms with Crippen LogP contribution in [0.25, 0.3) is 0 Å². The highest BCUT2D eigenvalue weighted by Crippen LogP contribution is 2.32. The molecule has 25 heavy (non-hydrogen) atoms. The highest BCUT2D eigenvalue weighted by atomic mass is 16.5. The van der Waals surface area contributed by atoms with Crippen LogP contribution in [0.3, 0.4) is 0 Å². The Morgan fingerprint density at radius 3 is 2.56 bits per heavy atom. The van der Waals surface area contributed by atoms with Crippen molar-refractivity contribution in [3.05, 3.63) is 59.4 Å². The number of carbonyl (C=O) groups excluding carboxylic acids is 1. The zero-order valence-corrected chi connectivity index (χ0v) is 15.7. The summed E-state index contributed by atoms with van der Waals surface area (Å²) in [4.78, 5) is 14.8. The predicted molar refractivity (Wildman–Crippen MR) is 101 cm³/mol. The first-order chi connectivity index (χ1) is 11.9. The van der Waals surface area contributed by atoms with E-state index in [-0.39, 0.29) is 18.1 Å². The highest BCUT2D eigenvalue weighted by Gasteiger charge is 2.36. The Kier molecular flexibility index (Phi) is 5.31. The summed E-state index contributed by atoms with van der Waals surface area (Å²) in [6, 6.07) is 8.64. The lowest BCUT2D eigenvalue weighted by atomic mass is 9.95. The normalized spacial score (nSPS) is 22.3. The fraction of sp³-hybridized carbons (Fsp3) is 0.500. The summed E-state index contributed by atoms with van der Waals surface area (Å²) in [5.74, 6) is 2.06. The quantitative estimate of drug-likeness (QED) is 0.793. The maximum absolute atomic E-state index is 12.8. The third kappa shape index (κ3) is 4.15. The molecule has 0 radical (unpaired) electrons. The van der Waals surface area contributed by atoms with Gasteiger partial charge in [-0.2, -0.15) is 0 Å². The molecule has 1 aromatic rings. The largest absolute Gasteiger partial charge is 0.491 e. The van der Waals surface area contributed by atoms with Crippen LogP contribution in [0.5, 0.6) is 0 Å². The van der Waals surface area contributed by atoms with E-state index in [0.717, 1.165) is 24.3 Å². The van der Waals surface area contributed by atoms with Crippen molar-refractivity contribution in [2.45, 2.75) is 58.6 Å². The lowest BCUT2D eigenvalue weighted by Crippen LogP contribution is -2.38. The summed E-state index contributed by atoms with van der Waals surface area (Å²) in [6.07, 6.45) is 8.02. The van der Waals surface area contributed by atoms with Gasteiger partial charge in [-0.25, -0.2) is 0 Å². The van der Waals surface area contributed by atoms with Crippen molar-refractivity contribution in [1.82, 2.24) is 4.90 Å². The molecule has 3 heteroatoms. The van der Waals surface area contributed by atoms with Gasteiger partial charge in [0.25, 0.3) is 0 Å². The van der Waals surface area contributed by atoms with Crippen LogP contribution in [-0.2, 0) is 16.0 Å². The standard InChI is InChI=1S/C22H29NO2/c1-15(2)18-7-5-17(6-8-18)13-22(24)23-12-11-19-14-20(25-16(3)4)9-10-21(19)23/h5-10,14-16,19,21H,11-13H2,1-4H3. The van der Waals surface area contributed by atoms with E-state index in [1.54, 1.807) is 0 Å². The van der Waals surface area contributed by atoms with E-state index >= 15 is 0 Å². The lowest BCUT2D eigenvalue weighted by Gasteiger charge is -2.27. The molecule has 2 aliphatic rings. The molecule has 134 valence electrons. The number of fused-ring (bicyclic) bond motifs is 1. The lowest BCUT2D eigenvalue weighted by molar-refractivity contribution is -0.130. The van der Waals surface area contributed by atoms with Gasteiger partial charge in [-0.05, 0) is 49.5 Å². The second-order valence-corrected chi connectivity index (χ2v) is 7.70. The topological polar surface area (TPSA) is 29.5 Å². The monoisotopic (exact) mass is 339 g/mol. The Labute approximate surface area is 151 Å². The van der Waals surface area contributed by atoms with E-state index in [0.29, 0.717) is 18.3 Å². The number of ether oxygens (including phenoxy) is 1. The van der Waals surface area contributed by atoms with Gasteiger partial charge < -0.3 is 9.64 Å². The molecule has 1 aliphatic carbocycles. The van der Waals surface area contributed by atoms with Crippen LogP contribution in [0.1, 0.15) is 51.2 Å². The fourth-order valence-electron chi connectivity index (χ4n) is 3.67. The molecule has 1 aromatic carbocycles. The van der Waals surface area contributed by atoms with Crippen LogP contribution >= 0.6 is 0 Å². The van der Waals surface area contributed by atoms with Crippen LogP contribution in [0, 0.1) is 5.92 Å². The zero-order chi connectivity index (χ0) is 18.0. The van der Waals surface area contributed by atoms with E-state index < -0.39 is 0 Å². The van der Waals surface area contributed by atoms with Gasteiger partial charge in [-0.1, -0.05) is 44.2 Å². The average Bonchev–Trinajstić information content (AvgIpc) is 2.98. The molecule has 3 nitrogen and oxygen atoms in total. The SMILES string of the molecule is CC(C)OC1=CC2CCN(C(=O)Cc3ccc(C(C)C)cc3)C2C=C1. The number of likely N-dealkylation sites (tertiary alicyclic amines) is 1. The van der Waals surface area contributed by atoms with E-state index in [1.165, 1.54) is 5.56 Å². The minimum atomic E-state index is 0.181. The molecular weight excluding hydrogens is 310 g/mol. The van der Waals surface area contributed by atoms with Crippen molar-refractivity contribution >= 4 is 5.91 Å². The minimum absolute atomic E-state index is 0.181. The van der Waals surface area contributed by atoms with Gasteiger partial charge in [0.1, 0.15) is 5.76 Å². The first kappa shape index (κ1) is 17.8. The van der Waals surface area contributed by atoms with Crippen molar-refractivity contribution < 1.29 is 9.53 Å². The third-order valence-electron chi connectivity index (χ3n) is 5.03. The number of hydrogen-bond acceptors (Lipinski definition) is 2. The first-order valence-corrected chi connectivity index (χ1v) is 9.39. The van der Waals surface area contributed by atoms with Crippen LogP contribution in [0.15, 0.2) is 48.3 Å². The number of benzene rings is 1. The second-order valence-electron chi connectivity index (χ2n) is 7.70. The van der Waals surface area contributed by atoms with Crippen LogP contribution in [0.4, 0.5) is 0 Å². The molecule has 0 spiro atoms. The van der Waals surface area contributed by atoms with Crippen molar-refractivity contribution in [3.63, 3.8) is 0 Å². The summed E-state index contributed by atoms with van der Waals surface area (Å²) < 4.78 is 5.79. The third-order valence-corrected chi connectivity index (χ3v) is 5.03. The summed E-state index contributed by atoms with van der Waals surface area (Å²) in [6.45, 7) is 9.27. The number of amides is 1. The Balaban J connectivity index is 1.63.